The highest BCUT2D eigenvalue weighted by atomic mass is 15.1. The molecule has 16 heavy (non-hydrogen) atoms. The summed E-state index contributed by atoms with van der Waals surface area (Å²) in [6.07, 6.45) is 11.6. The van der Waals surface area contributed by atoms with Gasteiger partial charge in [-0.05, 0) is 45.6 Å². The Hall–Kier alpha value is -0.0400. The van der Waals surface area contributed by atoms with Gasteiger partial charge in [-0.15, -0.1) is 0 Å². The second-order valence-corrected chi connectivity index (χ2v) is 5.80. The first kappa shape index (κ1) is 14.0. The van der Waals surface area contributed by atoms with Gasteiger partial charge in [0.1, 0.15) is 0 Å². The summed E-state index contributed by atoms with van der Waals surface area (Å²) in [6, 6.07) is 0.727. The lowest BCUT2D eigenvalue weighted by Gasteiger charge is -2.31. The van der Waals surface area contributed by atoms with Crippen LogP contribution in [0.1, 0.15) is 72.1 Å². The topological polar surface area (TPSA) is 3.24 Å². The second-order valence-electron chi connectivity index (χ2n) is 5.80. The minimum atomic E-state index is 0.727. The highest BCUT2D eigenvalue weighted by molar-refractivity contribution is 4.71. The van der Waals surface area contributed by atoms with Crippen LogP contribution < -0.4 is 0 Å². The maximum atomic E-state index is 2.69. The normalized spacial score (nSPS) is 20.1. The average molecular weight is 225 g/mol. The summed E-state index contributed by atoms with van der Waals surface area (Å²) in [6.45, 7) is 9.63. The number of hydrogen-bond donors (Lipinski definition) is 0. The van der Waals surface area contributed by atoms with Crippen LogP contribution in [0.25, 0.3) is 0 Å². The van der Waals surface area contributed by atoms with Crippen molar-refractivity contribution in [1.29, 1.82) is 0 Å². The van der Waals surface area contributed by atoms with E-state index in [1.165, 1.54) is 64.5 Å². The van der Waals surface area contributed by atoms with Gasteiger partial charge in [0.15, 0.2) is 0 Å². The van der Waals surface area contributed by atoms with Crippen LogP contribution in [0.4, 0.5) is 0 Å². The van der Waals surface area contributed by atoms with E-state index in [4.69, 9.17) is 0 Å². The van der Waals surface area contributed by atoms with Crippen molar-refractivity contribution >= 4 is 0 Å². The zero-order valence-electron chi connectivity index (χ0n) is 11.7. The van der Waals surface area contributed by atoms with Gasteiger partial charge in [0.05, 0.1) is 0 Å². The summed E-state index contributed by atoms with van der Waals surface area (Å²) >= 11 is 0. The van der Waals surface area contributed by atoms with Crippen LogP contribution in [-0.4, -0.2) is 24.0 Å². The van der Waals surface area contributed by atoms with Gasteiger partial charge >= 0.3 is 0 Å². The van der Waals surface area contributed by atoms with Gasteiger partial charge in [-0.1, -0.05) is 39.0 Å². The molecule has 1 aliphatic rings. The summed E-state index contributed by atoms with van der Waals surface area (Å²) in [4.78, 5) is 2.69. The fourth-order valence-corrected chi connectivity index (χ4v) is 2.90. The third-order valence-electron chi connectivity index (χ3n) is 3.96. The molecule has 1 nitrogen and oxygen atoms in total. The molecule has 96 valence electrons. The van der Waals surface area contributed by atoms with E-state index < -0.39 is 0 Å². The maximum Gasteiger partial charge on any atom is 0.00387 e. The molecule has 0 saturated heterocycles. The summed E-state index contributed by atoms with van der Waals surface area (Å²) < 4.78 is 0. The standard InChI is InChI=1S/C15H31N/c1-4-12-16(14(2)3)13-15-10-8-6-5-7-9-11-15/h14-15H,4-13H2,1-3H3. The van der Waals surface area contributed by atoms with Gasteiger partial charge in [0, 0.05) is 12.6 Å². The molecule has 1 fully saturated rings. The smallest absolute Gasteiger partial charge is 0.00387 e. The third kappa shape index (κ3) is 5.34. The molecule has 1 heteroatoms. The van der Waals surface area contributed by atoms with E-state index in [-0.39, 0.29) is 0 Å². The van der Waals surface area contributed by atoms with Gasteiger partial charge in [-0.25, -0.2) is 0 Å². The molecule has 0 amide bonds. The van der Waals surface area contributed by atoms with E-state index >= 15 is 0 Å². The number of nitrogens with zero attached hydrogens (tertiary/aromatic N) is 1. The van der Waals surface area contributed by atoms with Crippen molar-refractivity contribution in [2.75, 3.05) is 13.1 Å². The van der Waals surface area contributed by atoms with Gasteiger partial charge in [-0.3, -0.25) is 0 Å². The predicted octanol–water partition coefficient (Wildman–Crippen LogP) is 4.47. The lowest BCUT2D eigenvalue weighted by Crippen LogP contribution is -2.36. The summed E-state index contributed by atoms with van der Waals surface area (Å²) in [5.74, 6) is 0.981. The summed E-state index contributed by atoms with van der Waals surface area (Å²) in [7, 11) is 0. The van der Waals surface area contributed by atoms with Crippen LogP contribution in [-0.2, 0) is 0 Å². The van der Waals surface area contributed by atoms with Crippen LogP contribution in [0.5, 0.6) is 0 Å². The molecule has 1 saturated carbocycles. The Morgan fingerprint density at radius 3 is 2.06 bits per heavy atom. The quantitative estimate of drug-likeness (QED) is 0.667. The Morgan fingerprint density at radius 2 is 1.56 bits per heavy atom. The molecule has 0 bridgehead atoms. The third-order valence-corrected chi connectivity index (χ3v) is 3.96. The maximum absolute atomic E-state index is 2.69. The Morgan fingerprint density at radius 1 is 1.00 bits per heavy atom. The predicted molar refractivity (Wildman–Crippen MR) is 72.8 cm³/mol. The molecule has 1 aliphatic carbocycles. The van der Waals surface area contributed by atoms with Crippen molar-refractivity contribution in [2.45, 2.75) is 78.2 Å². The summed E-state index contributed by atoms with van der Waals surface area (Å²) in [5, 5.41) is 0. The van der Waals surface area contributed by atoms with Crippen LogP contribution >= 0.6 is 0 Å². The molecule has 0 radical (unpaired) electrons. The van der Waals surface area contributed by atoms with E-state index in [2.05, 4.69) is 25.7 Å². The van der Waals surface area contributed by atoms with E-state index in [0.29, 0.717) is 0 Å². The number of hydrogen-bond acceptors (Lipinski definition) is 1. The van der Waals surface area contributed by atoms with Gasteiger partial charge in [0.2, 0.25) is 0 Å². The molecular weight excluding hydrogens is 194 g/mol. The molecule has 0 atom stereocenters. The molecule has 0 aromatic rings. The zero-order valence-corrected chi connectivity index (χ0v) is 11.7. The first-order chi connectivity index (χ1) is 7.74. The van der Waals surface area contributed by atoms with Crippen LogP contribution in [0.15, 0.2) is 0 Å². The molecular formula is C15H31N. The first-order valence-corrected chi connectivity index (χ1v) is 7.48. The fraction of sp³-hybridized carbons (Fsp3) is 1.00. The minimum absolute atomic E-state index is 0.727. The van der Waals surface area contributed by atoms with E-state index in [1.807, 2.05) is 0 Å². The zero-order chi connectivity index (χ0) is 11.8. The van der Waals surface area contributed by atoms with Crippen LogP contribution in [0, 0.1) is 5.92 Å². The van der Waals surface area contributed by atoms with Gasteiger partial charge in [-0.2, -0.15) is 0 Å². The second kappa shape index (κ2) is 8.11. The lowest BCUT2D eigenvalue weighted by molar-refractivity contribution is 0.171. The Bertz CT molecular complexity index is 157. The highest BCUT2D eigenvalue weighted by Crippen LogP contribution is 2.23. The molecule has 1 rings (SSSR count). The molecule has 0 unspecified atom stereocenters. The fourth-order valence-electron chi connectivity index (χ4n) is 2.90. The SMILES string of the molecule is CCCN(CC1CCCCCCC1)C(C)C. The van der Waals surface area contributed by atoms with Crippen LogP contribution in [0.2, 0.25) is 0 Å². The number of rotatable bonds is 5. The molecule has 0 aliphatic heterocycles. The van der Waals surface area contributed by atoms with Crippen molar-refractivity contribution in [3.05, 3.63) is 0 Å². The van der Waals surface area contributed by atoms with Crippen molar-refractivity contribution in [3.8, 4) is 0 Å². The van der Waals surface area contributed by atoms with Crippen molar-refractivity contribution in [2.24, 2.45) is 5.92 Å². The largest absolute Gasteiger partial charge is 0.301 e. The van der Waals surface area contributed by atoms with Gasteiger partial charge < -0.3 is 4.90 Å². The average Bonchev–Trinajstić information content (AvgIpc) is 2.20. The van der Waals surface area contributed by atoms with Gasteiger partial charge in [0.25, 0.3) is 0 Å². The van der Waals surface area contributed by atoms with E-state index in [9.17, 15) is 0 Å². The van der Waals surface area contributed by atoms with Crippen molar-refractivity contribution < 1.29 is 0 Å². The van der Waals surface area contributed by atoms with Crippen molar-refractivity contribution in [3.63, 3.8) is 0 Å². The Balaban J connectivity index is 2.35. The molecule has 0 spiro atoms. The summed E-state index contributed by atoms with van der Waals surface area (Å²) in [5.41, 5.74) is 0. The minimum Gasteiger partial charge on any atom is -0.301 e. The molecule has 0 heterocycles. The lowest BCUT2D eigenvalue weighted by atomic mass is 9.90. The first-order valence-electron chi connectivity index (χ1n) is 7.48. The van der Waals surface area contributed by atoms with Crippen LogP contribution in [0.3, 0.4) is 0 Å². The van der Waals surface area contributed by atoms with E-state index in [0.717, 1.165) is 12.0 Å². The molecule has 0 aromatic carbocycles. The molecule has 0 N–H and O–H groups in total. The highest BCUT2D eigenvalue weighted by Gasteiger charge is 2.16. The van der Waals surface area contributed by atoms with Crippen molar-refractivity contribution in [1.82, 2.24) is 4.90 Å². The van der Waals surface area contributed by atoms with E-state index in [1.54, 1.807) is 0 Å². The monoisotopic (exact) mass is 225 g/mol. The Labute approximate surface area is 103 Å². The Kier molecular flexibility index (Phi) is 7.11. The molecule has 0 aromatic heterocycles.